The minimum atomic E-state index is -0.413. The molecule has 0 atom stereocenters. The highest BCUT2D eigenvalue weighted by molar-refractivity contribution is 6.30. The number of aromatic nitrogens is 2. The van der Waals surface area contributed by atoms with E-state index in [9.17, 15) is 5.11 Å². The maximum Gasteiger partial charge on any atom is 0.137 e. The molecule has 17 heavy (non-hydrogen) atoms. The Kier molecular flexibility index (Phi) is 3.27. The lowest BCUT2D eigenvalue weighted by atomic mass is 10.1. The van der Waals surface area contributed by atoms with Gasteiger partial charge in [0.25, 0.3) is 0 Å². The van der Waals surface area contributed by atoms with E-state index >= 15 is 0 Å². The molecular weight excluding hydrogens is 238 g/mol. The fourth-order valence-corrected chi connectivity index (χ4v) is 1.69. The summed E-state index contributed by atoms with van der Waals surface area (Å²) in [4.78, 5) is 8.81. The fraction of sp³-hybridized carbons (Fsp3) is 0.667. The number of hydrogen-bond acceptors (Lipinski definition) is 4. The Morgan fingerprint density at radius 3 is 2.59 bits per heavy atom. The van der Waals surface area contributed by atoms with Crippen molar-refractivity contribution >= 4 is 17.4 Å². The Morgan fingerprint density at radius 2 is 2.06 bits per heavy atom. The van der Waals surface area contributed by atoms with Crippen LogP contribution in [-0.4, -0.2) is 27.2 Å². The third kappa shape index (κ3) is 2.87. The Labute approximate surface area is 106 Å². The molecule has 94 valence electrons. The number of hydrogen-bond donors (Lipinski definition) is 2. The van der Waals surface area contributed by atoms with Crippen LogP contribution in [0.15, 0.2) is 0 Å². The first-order valence-electron chi connectivity index (χ1n) is 5.86. The minimum absolute atomic E-state index is 0.0345. The average molecular weight is 256 g/mol. The number of aliphatic hydroxyl groups is 1. The van der Waals surface area contributed by atoms with Crippen molar-refractivity contribution in [1.29, 1.82) is 0 Å². The van der Waals surface area contributed by atoms with Gasteiger partial charge in [0.15, 0.2) is 0 Å². The van der Waals surface area contributed by atoms with Gasteiger partial charge in [-0.25, -0.2) is 9.97 Å². The summed E-state index contributed by atoms with van der Waals surface area (Å²) in [5, 5.41) is 13.0. The summed E-state index contributed by atoms with van der Waals surface area (Å²) in [6, 6.07) is 0. The average Bonchev–Trinajstić information content (AvgIpc) is 3.08. The highest BCUT2D eigenvalue weighted by Crippen LogP contribution is 2.39. The summed E-state index contributed by atoms with van der Waals surface area (Å²) in [7, 11) is 0. The summed E-state index contributed by atoms with van der Waals surface area (Å²) in [6.07, 6.45) is 2.28. The van der Waals surface area contributed by atoms with Crippen LogP contribution in [0.1, 0.15) is 44.0 Å². The second kappa shape index (κ2) is 4.42. The Bertz CT molecular complexity index is 430. The van der Waals surface area contributed by atoms with Gasteiger partial charge < -0.3 is 10.4 Å². The van der Waals surface area contributed by atoms with Gasteiger partial charge in [0.05, 0.1) is 12.1 Å². The van der Waals surface area contributed by atoms with Crippen LogP contribution < -0.4 is 5.32 Å². The molecule has 1 saturated carbocycles. The predicted octanol–water partition coefficient (Wildman–Crippen LogP) is 2.50. The van der Waals surface area contributed by atoms with E-state index in [1.807, 2.05) is 20.8 Å². The number of anilines is 1. The van der Waals surface area contributed by atoms with Crippen molar-refractivity contribution in [3.05, 3.63) is 16.5 Å². The van der Waals surface area contributed by atoms with Crippen LogP contribution in [0.5, 0.6) is 0 Å². The van der Waals surface area contributed by atoms with Crippen LogP contribution >= 0.6 is 11.6 Å². The molecule has 0 bridgehead atoms. The van der Waals surface area contributed by atoms with Gasteiger partial charge in [-0.2, -0.15) is 0 Å². The fourth-order valence-electron chi connectivity index (χ4n) is 1.51. The highest BCUT2D eigenvalue weighted by Gasteiger charge is 2.28. The molecular formula is C12H18ClN3O. The van der Waals surface area contributed by atoms with Gasteiger partial charge in [-0.05, 0) is 33.6 Å². The smallest absolute Gasteiger partial charge is 0.137 e. The molecule has 0 spiro atoms. The van der Waals surface area contributed by atoms with Gasteiger partial charge in [0.1, 0.15) is 16.8 Å². The van der Waals surface area contributed by atoms with Crippen LogP contribution in [0.2, 0.25) is 5.15 Å². The summed E-state index contributed by atoms with van der Waals surface area (Å²) < 4.78 is 0. The molecule has 1 aliphatic rings. The SMILES string of the molecule is Cc1c(Cl)nc(C2CC2)nc1NC(C)(C)CO. The monoisotopic (exact) mass is 255 g/mol. The van der Waals surface area contributed by atoms with E-state index in [1.165, 1.54) is 0 Å². The van der Waals surface area contributed by atoms with Crippen LogP contribution in [-0.2, 0) is 0 Å². The van der Waals surface area contributed by atoms with Crippen LogP contribution in [0.3, 0.4) is 0 Å². The molecule has 1 heterocycles. The summed E-state index contributed by atoms with van der Waals surface area (Å²) in [6.45, 7) is 5.75. The van der Waals surface area contributed by atoms with E-state index in [0.717, 1.165) is 30.0 Å². The first-order chi connectivity index (χ1) is 7.93. The van der Waals surface area contributed by atoms with E-state index in [1.54, 1.807) is 0 Å². The normalized spacial score (nSPS) is 16.1. The number of nitrogens with zero attached hydrogens (tertiary/aromatic N) is 2. The van der Waals surface area contributed by atoms with E-state index < -0.39 is 5.54 Å². The molecule has 5 heteroatoms. The quantitative estimate of drug-likeness (QED) is 0.812. The molecule has 0 amide bonds. The van der Waals surface area contributed by atoms with E-state index in [0.29, 0.717) is 11.1 Å². The molecule has 0 aliphatic heterocycles. The third-order valence-corrected chi connectivity index (χ3v) is 3.27. The molecule has 1 aromatic heterocycles. The third-order valence-electron chi connectivity index (χ3n) is 2.90. The number of rotatable bonds is 4. The number of aliphatic hydroxyl groups excluding tert-OH is 1. The molecule has 1 fully saturated rings. The van der Waals surface area contributed by atoms with Crippen molar-refractivity contribution in [1.82, 2.24) is 9.97 Å². The van der Waals surface area contributed by atoms with E-state index in [-0.39, 0.29) is 6.61 Å². The predicted molar refractivity (Wildman–Crippen MR) is 68.5 cm³/mol. The molecule has 1 aliphatic carbocycles. The second-order valence-electron chi connectivity index (χ2n) is 5.29. The molecule has 4 nitrogen and oxygen atoms in total. The van der Waals surface area contributed by atoms with Gasteiger partial charge in [0.2, 0.25) is 0 Å². The number of nitrogens with one attached hydrogen (secondary N) is 1. The molecule has 0 aromatic carbocycles. The van der Waals surface area contributed by atoms with E-state index in [4.69, 9.17) is 11.6 Å². The molecule has 2 rings (SSSR count). The van der Waals surface area contributed by atoms with Crippen LogP contribution in [0.4, 0.5) is 5.82 Å². The van der Waals surface area contributed by atoms with Crippen molar-refractivity contribution in [2.75, 3.05) is 11.9 Å². The van der Waals surface area contributed by atoms with Crippen molar-refractivity contribution in [3.63, 3.8) is 0 Å². The lowest BCUT2D eigenvalue weighted by Gasteiger charge is -2.25. The van der Waals surface area contributed by atoms with Crippen molar-refractivity contribution in [2.45, 2.75) is 45.1 Å². The van der Waals surface area contributed by atoms with Crippen molar-refractivity contribution in [3.8, 4) is 0 Å². The molecule has 1 aromatic rings. The van der Waals surface area contributed by atoms with Gasteiger partial charge in [-0.3, -0.25) is 0 Å². The summed E-state index contributed by atoms with van der Waals surface area (Å²) >= 11 is 6.11. The van der Waals surface area contributed by atoms with Crippen LogP contribution in [0, 0.1) is 6.92 Å². The van der Waals surface area contributed by atoms with Crippen molar-refractivity contribution < 1.29 is 5.11 Å². The minimum Gasteiger partial charge on any atom is -0.394 e. The zero-order chi connectivity index (χ0) is 12.6. The standard InChI is InChI=1S/C12H18ClN3O/c1-7-9(13)14-11(8-4-5-8)15-10(7)16-12(2,3)6-17/h8,17H,4-6H2,1-3H3,(H,14,15,16). The Morgan fingerprint density at radius 1 is 1.41 bits per heavy atom. The van der Waals surface area contributed by atoms with Gasteiger partial charge in [-0.15, -0.1) is 0 Å². The topological polar surface area (TPSA) is 58.0 Å². The molecule has 0 unspecified atom stereocenters. The zero-order valence-corrected chi connectivity index (χ0v) is 11.2. The maximum absolute atomic E-state index is 9.27. The molecule has 0 radical (unpaired) electrons. The lowest BCUT2D eigenvalue weighted by molar-refractivity contribution is 0.233. The highest BCUT2D eigenvalue weighted by atomic mass is 35.5. The summed E-state index contributed by atoms with van der Waals surface area (Å²) in [5.41, 5.74) is 0.418. The first-order valence-corrected chi connectivity index (χ1v) is 6.24. The van der Waals surface area contributed by atoms with Gasteiger partial charge in [0, 0.05) is 11.5 Å². The maximum atomic E-state index is 9.27. The number of halogens is 1. The lowest BCUT2D eigenvalue weighted by Crippen LogP contribution is -2.35. The Balaban J connectivity index is 2.31. The van der Waals surface area contributed by atoms with Gasteiger partial charge >= 0.3 is 0 Å². The molecule has 2 N–H and O–H groups in total. The second-order valence-corrected chi connectivity index (χ2v) is 5.65. The van der Waals surface area contributed by atoms with E-state index in [2.05, 4.69) is 15.3 Å². The zero-order valence-electron chi connectivity index (χ0n) is 10.4. The van der Waals surface area contributed by atoms with Gasteiger partial charge in [-0.1, -0.05) is 11.6 Å². The summed E-state index contributed by atoms with van der Waals surface area (Å²) in [5.74, 6) is 2.01. The van der Waals surface area contributed by atoms with Crippen LogP contribution in [0.25, 0.3) is 0 Å². The molecule has 0 saturated heterocycles. The van der Waals surface area contributed by atoms with Crippen molar-refractivity contribution in [2.24, 2.45) is 0 Å². The largest absolute Gasteiger partial charge is 0.394 e. The first kappa shape index (κ1) is 12.6. The Hall–Kier alpha value is -0.870.